The van der Waals surface area contributed by atoms with Gasteiger partial charge in [0.25, 0.3) is 0 Å². The molecule has 1 aliphatic rings. The Hall–Kier alpha value is -2.24. The van der Waals surface area contributed by atoms with Crippen LogP contribution >= 0.6 is 0 Å². The van der Waals surface area contributed by atoms with Crippen molar-refractivity contribution in [2.24, 2.45) is 5.73 Å². The molecule has 1 fully saturated rings. The van der Waals surface area contributed by atoms with Gasteiger partial charge in [-0.2, -0.15) is 0 Å². The molecule has 0 spiro atoms. The molecule has 1 rings (SSSR count). The van der Waals surface area contributed by atoms with E-state index in [0.29, 0.717) is 12.8 Å². The highest BCUT2D eigenvalue weighted by atomic mass is 16.4. The van der Waals surface area contributed by atoms with Gasteiger partial charge in [-0.3, -0.25) is 19.2 Å². The molecule has 0 aromatic rings. The Kier molecular flexibility index (Phi) is 7.74. The van der Waals surface area contributed by atoms with Crippen molar-refractivity contribution < 1.29 is 34.5 Å². The van der Waals surface area contributed by atoms with E-state index in [1.807, 2.05) is 0 Å². The van der Waals surface area contributed by atoms with Crippen molar-refractivity contribution in [3.05, 3.63) is 0 Å². The van der Waals surface area contributed by atoms with Gasteiger partial charge in [0, 0.05) is 6.54 Å². The number of nitrogens with one attached hydrogen (secondary N) is 2. The van der Waals surface area contributed by atoms with Crippen LogP contribution in [0, 0.1) is 0 Å². The Morgan fingerprint density at radius 3 is 2.48 bits per heavy atom. The predicted molar refractivity (Wildman–Crippen MR) is 84.1 cm³/mol. The Morgan fingerprint density at radius 2 is 1.96 bits per heavy atom. The normalized spacial score (nSPS) is 20.5. The molecule has 4 unspecified atom stereocenters. The third kappa shape index (κ3) is 5.66. The third-order valence-corrected chi connectivity index (χ3v) is 3.83. The number of hydrogen-bond donors (Lipinski definition) is 6. The summed E-state index contributed by atoms with van der Waals surface area (Å²) in [5, 5.41) is 31.8. The van der Waals surface area contributed by atoms with Crippen molar-refractivity contribution >= 4 is 23.7 Å². The van der Waals surface area contributed by atoms with Crippen LogP contribution in [0.2, 0.25) is 0 Å². The first kappa shape index (κ1) is 20.8. The van der Waals surface area contributed by atoms with Gasteiger partial charge < -0.3 is 36.6 Å². The lowest BCUT2D eigenvalue weighted by Gasteiger charge is -2.30. The van der Waals surface area contributed by atoms with Crippen LogP contribution in [-0.2, 0) is 19.2 Å². The van der Waals surface area contributed by atoms with E-state index in [-0.39, 0.29) is 6.54 Å². The fraction of sp³-hybridized carbons (Fsp3) is 0.714. The van der Waals surface area contributed by atoms with Crippen LogP contribution in [0.3, 0.4) is 0 Å². The Balaban J connectivity index is 2.83. The van der Waals surface area contributed by atoms with Gasteiger partial charge in [-0.05, 0) is 19.8 Å². The average Bonchev–Trinajstić information content (AvgIpc) is 3.05. The van der Waals surface area contributed by atoms with Crippen LogP contribution in [0.4, 0.5) is 0 Å². The van der Waals surface area contributed by atoms with E-state index < -0.39 is 61.1 Å². The number of rotatable bonds is 8. The van der Waals surface area contributed by atoms with Crippen molar-refractivity contribution in [1.29, 1.82) is 0 Å². The Labute approximate surface area is 144 Å². The molecule has 3 amide bonds. The van der Waals surface area contributed by atoms with Crippen molar-refractivity contribution in [2.45, 2.75) is 44.0 Å². The minimum Gasteiger partial charge on any atom is -0.480 e. The van der Waals surface area contributed by atoms with Crippen LogP contribution in [-0.4, -0.2) is 87.8 Å². The van der Waals surface area contributed by atoms with E-state index >= 15 is 0 Å². The first-order valence-corrected chi connectivity index (χ1v) is 7.83. The number of nitrogens with zero attached hydrogens (tertiary/aromatic N) is 1. The van der Waals surface area contributed by atoms with Crippen molar-refractivity contribution in [1.82, 2.24) is 15.5 Å². The summed E-state index contributed by atoms with van der Waals surface area (Å²) in [7, 11) is 0. The molecule has 0 bridgehead atoms. The van der Waals surface area contributed by atoms with Crippen LogP contribution in [0.25, 0.3) is 0 Å². The van der Waals surface area contributed by atoms with Gasteiger partial charge in [0.15, 0.2) is 0 Å². The summed E-state index contributed by atoms with van der Waals surface area (Å²) in [6, 6.07) is -3.46. The zero-order valence-electron chi connectivity index (χ0n) is 13.8. The maximum absolute atomic E-state index is 12.6. The highest BCUT2D eigenvalue weighted by Gasteiger charge is 2.39. The Bertz CT molecular complexity index is 525. The fourth-order valence-electron chi connectivity index (χ4n) is 2.49. The van der Waals surface area contributed by atoms with Gasteiger partial charge in [-0.1, -0.05) is 0 Å². The number of aliphatic hydroxyl groups excluding tert-OH is 2. The molecule has 0 saturated carbocycles. The highest BCUT2D eigenvalue weighted by molar-refractivity contribution is 5.94. The zero-order valence-corrected chi connectivity index (χ0v) is 13.8. The molecule has 0 radical (unpaired) electrons. The fourth-order valence-corrected chi connectivity index (χ4v) is 2.49. The van der Waals surface area contributed by atoms with Gasteiger partial charge in [-0.25, -0.2) is 0 Å². The van der Waals surface area contributed by atoms with Gasteiger partial charge in [-0.15, -0.1) is 0 Å². The molecule has 1 heterocycles. The lowest BCUT2D eigenvalue weighted by atomic mass is 10.1. The molecule has 4 atom stereocenters. The van der Waals surface area contributed by atoms with Gasteiger partial charge >= 0.3 is 5.97 Å². The van der Waals surface area contributed by atoms with E-state index in [2.05, 4.69) is 10.6 Å². The molecule has 0 aliphatic carbocycles. The molecule has 11 heteroatoms. The number of carbonyl (C=O) groups is 4. The van der Waals surface area contributed by atoms with E-state index in [1.54, 1.807) is 0 Å². The summed E-state index contributed by atoms with van der Waals surface area (Å²) in [4.78, 5) is 48.2. The molecule has 11 nitrogen and oxygen atoms in total. The number of aliphatic carboxylic acids is 1. The molecule has 7 N–H and O–H groups in total. The van der Waals surface area contributed by atoms with E-state index in [9.17, 15) is 24.3 Å². The third-order valence-electron chi connectivity index (χ3n) is 3.83. The lowest BCUT2D eigenvalue weighted by molar-refractivity contribution is -0.144. The number of carboxylic acid groups (broad SMARTS) is 1. The van der Waals surface area contributed by atoms with Gasteiger partial charge in [0.2, 0.25) is 17.7 Å². The average molecular weight is 360 g/mol. The molecule has 25 heavy (non-hydrogen) atoms. The zero-order chi connectivity index (χ0) is 19.1. The number of hydrogen-bond acceptors (Lipinski definition) is 7. The second-order valence-corrected chi connectivity index (χ2v) is 5.82. The first-order chi connectivity index (χ1) is 11.7. The van der Waals surface area contributed by atoms with Gasteiger partial charge in [0.1, 0.15) is 24.7 Å². The second kappa shape index (κ2) is 9.30. The SMILES string of the molecule is CC(O)C(NC(=O)C(N)CO)C(=O)N1CCCC1C(=O)NCC(=O)O. The summed E-state index contributed by atoms with van der Waals surface area (Å²) in [5.74, 6) is -3.32. The van der Waals surface area contributed by atoms with Crippen molar-refractivity contribution in [3.8, 4) is 0 Å². The summed E-state index contributed by atoms with van der Waals surface area (Å²) in [6.45, 7) is 0.327. The second-order valence-electron chi connectivity index (χ2n) is 5.82. The monoisotopic (exact) mass is 360 g/mol. The summed E-state index contributed by atoms with van der Waals surface area (Å²) < 4.78 is 0. The predicted octanol–water partition coefficient (Wildman–Crippen LogP) is -3.64. The molecule has 142 valence electrons. The number of aliphatic hydroxyl groups is 2. The maximum atomic E-state index is 12.6. The number of amides is 3. The lowest BCUT2D eigenvalue weighted by Crippen LogP contribution is -2.59. The molecule has 1 aliphatic heterocycles. The molecule has 1 saturated heterocycles. The summed E-state index contributed by atoms with van der Waals surface area (Å²) >= 11 is 0. The summed E-state index contributed by atoms with van der Waals surface area (Å²) in [5.41, 5.74) is 5.37. The minimum atomic E-state index is -1.34. The standard InChI is InChI=1S/C14H24N4O7/c1-7(20)11(17-12(23)8(15)6-19)14(25)18-4-2-3-9(18)13(24)16-5-10(21)22/h7-9,11,19-20H,2-6,15H2,1H3,(H,16,24)(H,17,23)(H,21,22). The smallest absolute Gasteiger partial charge is 0.322 e. The van der Waals surface area contributed by atoms with Crippen LogP contribution in [0.15, 0.2) is 0 Å². The number of nitrogens with two attached hydrogens (primary N) is 1. The topological polar surface area (TPSA) is 182 Å². The molecule has 0 aromatic heterocycles. The molecular weight excluding hydrogens is 336 g/mol. The van der Waals surface area contributed by atoms with Crippen LogP contribution in [0.5, 0.6) is 0 Å². The quantitative estimate of drug-likeness (QED) is 0.256. The number of carboxylic acids is 1. The van der Waals surface area contributed by atoms with Crippen molar-refractivity contribution in [2.75, 3.05) is 19.7 Å². The summed E-state index contributed by atoms with van der Waals surface area (Å²) in [6.07, 6.45) is -0.396. The minimum absolute atomic E-state index is 0.231. The molecular formula is C14H24N4O7. The van der Waals surface area contributed by atoms with E-state index in [0.717, 1.165) is 0 Å². The van der Waals surface area contributed by atoms with Crippen LogP contribution < -0.4 is 16.4 Å². The van der Waals surface area contributed by atoms with Gasteiger partial charge in [0.05, 0.1) is 12.7 Å². The molecule has 0 aromatic carbocycles. The highest BCUT2D eigenvalue weighted by Crippen LogP contribution is 2.19. The van der Waals surface area contributed by atoms with Crippen molar-refractivity contribution in [3.63, 3.8) is 0 Å². The van der Waals surface area contributed by atoms with Crippen LogP contribution in [0.1, 0.15) is 19.8 Å². The largest absolute Gasteiger partial charge is 0.480 e. The number of carbonyl (C=O) groups excluding carboxylic acids is 3. The van der Waals surface area contributed by atoms with E-state index in [4.69, 9.17) is 15.9 Å². The van der Waals surface area contributed by atoms with E-state index in [1.165, 1.54) is 11.8 Å². The number of likely N-dealkylation sites (tertiary alicyclic amines) is 1. The maximum Gasteiger partial charge on any atom is 0.322 e. The first-order valence-electron chi connectivity index (χ1n) is 7.83. The Morgan fingerprint density at radius 1 is 1.32 bits per heavy atom.